The van der Waals surface area contributed by atoms with E-state index in [1.165, 1.54) is 6.07 Å². The van der Waals surface area contributed by atoms with Crippen LogP contribution in [-0.4, -0.2) is 11.5 Å². The van der Waals surface area contributed by atoms with E-state index in [2.05, 4.69) is 5.32 Å². The van der Waals surface area contributed by atoms with Crippen LogP contribution in [0.4, 0.5) is 11.4 Å². The Morgan fingerprint density at radius 1 is 1.25 bits per heavy atom. The lowest BCUT2D eigenvalue weighted by molar-refractivity contribution is -0.385. The number of nitro benzene ring substituents is 1. The minimum absolute atomic E-state index is 0.114. The molecule has 0 saturated carbocycles. The molecule has 0 aliphatic carbocycles. The zero-order valence-electron chi connectivity index (χ0n) is 10.6. The number of nitrogens with two attached hydrogens (primary N) is 1. The maximum Gasteiger partial charge on any atom is 0.282 e. The van der Waals surface area contributed by atoms with E-state index in [4.69, 9.17) is 5.73 Å². The molecule has 0 amide bonds. The summed E-state index contributed by atoms with van der Waals surface area (Å²) in [4.78, 5) is 10.4. The average molecular weight is 383 g/mol. The van der Waals surface area contributed by atoms with Crippen molar-refractivity contribution in [2.45, 2.75) is 6.04 Å². The van der Waals surface area contributed by atoms with E-state index in [1.807, 2.05) is 52.9 Å². The number of benzene rings is 2. The van der Waals surface area contributed by atoms with Crippen LogP contribution in [-0.2, 0) is 0 Å². The van der Waals surface area contributed by atoms with Gasteiger partial charge in [0.2, 0.25) is 0 Å². The molecular weight excluding hydrogens is 369 g/mol. The number of nitrogens with zero attached hydrogens (tertiary/aromatic N) is 1. The summed E-state index contributed by atoms with van der Waals surface area (Å²) in [6.45, 7) is 0.567. The Balaban J connectivity index is 2.01. The second-order valence-electron chi connectivity index (χ2n) is 4.32. The summed E-state index contributed by atoms with van der Waals surface area (Å²) in [7, 11) is 0. The topological polar surface area (TPSA) is 81.2 Å². The highest BCUT2D eigenvalue weighted by molar-refractivity contribution is 14.1. The van der Waals surface area contributed by atoms with Gasteiger partial charge in [-0.1, -0.05) is 30.3 Å². The van der Waals surface area contributed by atoms with Crippen LogP contribution < -0.4 is 11.1 Å². The molecule has 20 heavy (non-hydrogen) atoms. The molecule has 0 heterocycles. The van der Waals surface area contributed by atoms with Crippen LogP contribution in [0.25, 0.3) is 0 Å². The molecule has 0 fully saturated rings. The van der Waals surface area contributed by atoms with Gasteiger partial charge in [-0.3, -0.25) is 10.1 Å². The van der Waals surface area contributed by atoms with Gasteiger partial charge in [-0.2, -0.15) is 0 Å². The van der Waals surface area contributed by atoms with Gasteiger partial charge in [0.15, 0.2) is 0 Å². The van der Waals surface area contributed by atoms with Gasteiger partial charge in [0, 0.05) is 24.3 Å². The highest BCUT2D eigenvalue weighted by atomic mass is 127. The molecule has 1 unspecified atom stereocenters. The van der Waals surface area contributed by atoms with Crippen molar-refractivity contribution in [2.24, 2.45) is 5.73 Å². The van der Waals surface area contributed by atoms with Gasteiger partial charge in [0.05, 0.1) is 8.49 Å². The fourth-order valence-corrected chi connectivity index (χ4v) is 2.52. The molecule has 0 aliphatic heterocycles. The molecule has 6 heteroatoms. The molecule has 0 aliphatic rings. The van der Waals surface area contributed by atoms with Crippen LogP contribution in [0.3, 0.4) is 0 Å². The van der Waals surface area contributed by atoms with E-state index in [-0.39, 0.29) is 16.7 Å². The van der Waals surface area contributed by atoms with E-state index in [1.54, 1.807) is 12.1 Å². The number of halogens is 1. The number of hydrogen-bond acceptors (Lipinski definition) is 4. The van der Waals surface area contributed by atoms with Crippen molar-refractivity contribution in [2.75, 3.05) is 11.9 Å². The molecule has 2 aromatic rings. The number of nitrogens with one attached hydrogen (secondary N) is 1. The summed E-state index contributed by atoms with van der Waals surface area (Å²) in [5.41, 5.74) is 8.08. The van der Waals surface area contributed by atoms with Gasteiger partial charge in [0.1, 0.15) is 0 Å². The van der Waals surface area contributed by atoms with Gasteiger partial charge < -0.3 is 11.1 Å². The first kappa shape index (κ1) is 14.7. The van der Waals surface area contributed by atoms with E-state index in [0.29, 0.717) is 10.1 Å². The second-order valence-corrected chi connectivity index (χ2v) is 5.48. The monoisotopic (exact) mass is 383 g/mol. The van der Waals surface area contributed by atoms with Gasteiger partial charge >= 0.3 is 0 Å². The summed E-state index contributed by atoms with van der Waals surface area (Å²) in [6.07, 6.45) is 0. The van der Waals surface area contributed by atoms with Gasteiger partial charge in [-0.25, -0.2) is 0 Å². The minimum Gasteiger partial charge on any atom is -0.383 e. The first-order chi connectivity index (χ1) is 9.58. The normalized spacial score (nSPS) is 11.9. The van der Waals surface area contributed by atoms with Crippen molar-refractivity contribution in [1.29, 1.82) is 0 Å². The molecule has 0 spiro atoms. The van der Waals surface area contributed by atoms with Crippen molar-refractivity contribution in [3.63, 3.8) is 0 Å². The number of anilines is 1. The molecule has 0 aromatic heterocycles. The molecule has 2 rings (SSSR count). The zero-order valence-corrected chi connectivity index (χ0v) is 12.8. The van der Waals surface area contributed by atoms with E-state index in [0.717, 1.165) is 11.3 Å². The Labute approximate surface area is 130 Å². The molecular formula is C14H14IN3O2. The van der Waals surface area contributed by atoms with Gasteiger partial charge in [0.25, 0.3) is 5.69 Å². The fraction of sp³-hybridized carbons (Fsp3) is 0.143. The van der Waals surface area contributed by atoms with Crippen molar-refractivity contribution >= 4 is 34.0 Å². The Kier molecular flexibility index (Phi) is 4.91. The van der Waals surface area contributed by atoms with Crippen LogP contribution in [0.2, 0.25) is 0 Å². The number of hydrogen-bond donors (Lipinski definition) is 2. The van der Waals surface area contributed by atoms with Crippen molar-refractivity contribution in [3.05, 3.63) is 67.8 Å². The number of nitro groups is 1. The van der Waals surface area contributed by atoms with Gasteiger partial charge in [-0.15, -0.1) is 0 Å². The third-order valence-electron chi connectivity index (χ3n) is 2.90. The number of rotatable bonds is 5. The highest BCUT2D eigenvalue weighted by Crippen LogP contribution is 2.24. The summed E-state index contributed by atoms with van der Waals surface area (Å²) in [5, 5.41) is 13.9. The van der Waals surface area contributed by atoms with Crippen molar-refractivity contribution in [1.82, 2.24) is 0 Å². The first-order valence-electron chi connectivity index (χ1n) is 6.06. The SMILES string of the molecule is NC(CNc1ccc([N+](=O)[O-])c(I)c1)c1ccccc1. The summed E-state index contributed by atoms with van der Waals surface area (Å²) in [6, 6.07) is 14.6. The second kappa shape index (κ2) is 6.67. The Hall–Kier alpha value is -1.67. The Bertz CT molecular complexity index is 605. The largest absolute Gasteiger partial charge is 0.383 e. The van der Waals surface area contributed by atoms with Crippen LogP contribution >= 0.6 is 22.6 Å². The quantitative estimate of drug-likeness (QED) is 0.472. The molecule has 0 bridgehead atoms. The average Bonchev–Trinajstić information content (AvgIpc) is 2.45. The maximum atomic E-state index is 10.7. The lowest BCUT2D eigenvalue weighted by Gasteiger charge is -2.14. The van der Waals surface area contributed by atoms with Crippen LogP contribution in [0, 0.1) is 13.7 Å². The first-order valence-corrected chi connectivity index (χ1v) is 7.14. The van der Waals surface area contributed by atoms with Crippen LogP contribution in [0.15, 0.2) is 48.5 Å². The van der Waals surface area contributed by atoms with E-state index in [9.17, 15) is 10.1 Å². The lowest BCUT2D eigenvalue weighted by Crippen LogP contribution is -2.20. The Morgan fingerprint density at radius 2 is 1.95 bits per heavy atom. The summed E-state index contributed by atoms with van der Waals surface area (Å²) >= 11 is 1.96. The van der Waals surface area contributed by atoms with E-state index < -0.39 is 0 Å². The zero-order chi connectivity index (χ0) is 14.5. The minimum atomic E-state index is -0.388. The molecule has 1 atom stereocenters. The molecule has 5 nitrogen and oxygen atoms in total. The maximum absolute atomic E-state index is 10.7. The Morgan fingerprint density at radius 3 is 2.55 bits per heavy atom. The lowest BCUT2D eigenvalue weighted by atomic mass is 10.1. The third kappa shape index (κ3) is 3.67. The molecule has 0 radical (unpaired) electrons. The van der Waals surface area contributed by atoms with Crippen LogP contribution in [0.1, 0.15) is 11.6 Å². The van der Waals surface area contributed by atoms with Crippen molar-refractivity contribution < 1.29 is 4.92 Å². The molecule has 3 N–H and O–H groups in total. The molecule has 104 valence electrons. The highest BCUT2D eigenvalue weighted by Gasteiger charge is 2.12. The summed E-state index contributed by atoms with van der Waals surface area (Å²) < 4.78 is 0.603. The van der Waals surface area contributed by atoms with E-state index >= 15 is 0 Å². The van der Waals surface area contributed by atoms with Gasteiger partial charge in [-0.05, 0) is 40.3 Å². The smallest absolute Gasteiger partial charge is 0.282 e. The van der Waals surface area contributed by atoms with Crippen LogP contribution in [0.5, 0.6) is 0 Å². The summed E-state index contributed by atoms with van der Waals surface area (Å²) in [5.74, 6) is 0. The predicted octanol–water partition coefficient (Wildman–Crippen LogP) is 3.31. The molecule has 0 saturated heterocycles. The molecule has 2 aromatic carbocycles. The van der Waals surface area contributed by atoms with Crippen molar-refractivity contribution in [3.8, 4) is 0 Å². The standard InChI is InChI=1S/C14H14IN3O2/c15-12-8-11(6-7-14(12)18(19)20)17-9-13(16)10-4-2-1-3-5-10/h1-8,13,17H,9,16H2. The fourth-order valence-electron chi connectivity index (χ4n) is 1.81. The predicted molar refractivity (Wildman–Crippen MR) is 87.7 cm³/mol. The third-order valence-corrected chi connectivity index (χ3v) is 3.76.